The molecule has 0 saturated carbocycles. The standard InChI is InChI=1S/C19H23N3O/c1-19(17-9-3-2-4-10-17)20-13-18(23-21-19)22-12-11-15-7-5-6-8-16(15)14-22/h2-10,18,20-21H,11-14H2,1H3. The summed E-state index contributed by atoms with van der Waals surface area (Å²) in [7, 11) is 0. The van der Waals surface area contributed by atoms with Crippen LogP contribution in [0.4, 0.5) is 0 Å². The smallest absolute Gasteiger partial charge is 0.145 e. The Kier molecular flexibility index (Phi) is 3.91. The number of benzene rings is 2. The Bertz CT molecular complexity index is 665. The highest BCUT2D eigenvalue weighted by Gasteiger charge is 2.35. The van der Waals surface area contributed by atoms with Gasteiger partial charge in [-0.1, -0.05) is 54.6 Å². The minimum absolute atomic E-state index is 0.0557. The molecule has 4 heteroatoms. The normalized spacial score (nSPS) is 28.3. The average Bonchev–Trinajstić information content (AvgIpc) is 2.63. The number of hydrogen-bond acceptors (Lipinski definition) is 4. The van der Waals surface area contributed by atoms with E-state index in [1.165, 1.54) is 16.7 Å². The second kappa shape index (κ2) is 6.06. The van der Waals surface area contributed by atoms with Gasteiger partial charge < -0.3 is 0 Å². The van der Waals surface area contributed by atoms with Crippen LogP contribution in [0.5, 0.6) is 0 Å². The van der Waals surface area contributed by atoms with Crippen LogP contribution in [0.3, 0.4) is 0 Å². The Morgan fingerprint density at radius 2 is 1.78 bits per heavy atom. The summed E-state index contributed by atoms with van der Waals surface area (Å²) in [6.07, 6.45) is 1.14. The van der Waals surface area contributed by atoms with Crippen LogP contribution in [-0.4, -0.2) is 24.2 Å². The molecular formula is C19H23N3O. The van der Waals surface area contributed by atoms with Gasteiger partial charge in [0.25, 0.3) is 0 Å². The average molecular weight is 309 g/mol. The lowest BCUT2D eigenvalue weighted by molar-refractivity contribution is -0.180. The molecule has 4 nitrogen and oxygen atoms in total. The molecule has 0 radical (unpaired) electrons. The molecule has 2 atom stereocenters. The number of nitrogens with one attached hydrogen (secondary N) is 2. The van der Waals surface area contributed by atoms with E-state index in [0.717, 1.165) is 26.1 Å². The number of rotatable bonds is 2. The molecule has 2 aliphatic heterocycles. The maximum absolute atomic E-state index is 6.02. The lowest BCUT2D eigenvalue weighted by atomic mass is 9.99. The fourth-order valence-corrected chi connectivity index (χ4v) is 3.45. The third kappa shape index (κ3) is 2.91. The Morgan fingerprint density at radius 1 is 1.04 bits per heavy atom. The minimum Gasteiger partial charge on any atom is -0.290 e. The number of hydrogen-bond donors (Lipinski definition) is 2. The SMILES string of the molecule is CC1(c2ccccc2)NCC(N2CCc3ccccc3C2)ON1. The first-order valence-electron chi connectivity index (χ1n) is 8.29. The van der Waals surface area contributed by atoms with Crippen molar-refractivity contribution in [2.24, 2.45) is 0 Å². The van der Waals surface area contributed by atoms with E-state index in [-0.39, 0.29) is 11.9 Å². The summed E-state index contributed by atoms with van der Waals surface area (Å²) in [5.41, 5.74) is 6.95. The molecule has 2 heterocycles. The zero-order chi connectivity index (χ0) is 15.7. The topological polar surface area (TPSA) is 36.5 Å². The minimum atomic E-state index is -0.342. The van der Waals surface area contributed by atoms with E-state index < -0.39 is 0 Å². The molecule has 1 fully saturated rings. The monoisotopic (exact) mass is 309 g/mol. The summed E-state index contributed by atoms with van der Waals surface area (Å²) >= 11 is 0. The molecule has 0 spiro atoms. The van der Waals surface area contributed by atoms with E-state index in [0.29, 0.717) is 0 Å². The zero-order valence-corrected chi connectivity index (χ0v) is 13.5. The van der Waals surface area contributed by atoms with Crippen molar-refractivity contribution in [3.05, 3.63) is 71.3 Å². The number of nitrogens with zero attached hydrogens (tertiary/aromatic N) is 1. The van der Waals surface area contributed by atoms with Crippen molar-refractivity contribution in [1.82, 2.24) is 15.7 Å². The molecule has 2 unspecified atom stereocenters. The van der Waals surface area contributed by atoms with Crippen molar-refractivity contribution < 1.29 is 4.84 Å². The first kappa shape index (κ1) is 14.8. The van der Waals surface area contributed by atoms with Crippen molar-refractivity contribution in [2.75, 3.05) is 13.1 Å². The second-order valence-corrected chi connectivity index (χ2v) is 6.54. The van der Waals surface area contributed by atoms with Gasteiger partial charge >= 0.3 is 0 Å². The molecule has 2 aliphatic rings. The second-order valence-electron chi connectivity index (χ2n) is 6.54. The van der Waals surface area contributed by atoms with Crippen molar-refractivity contribution in [1.29, 1.82) is 0 Å². The van der Waals surface area contributed by atoms with E-state index in [2.05, 4.69) is 71.2 Å². The van der Waals surface area contributed by atoms with E-state index in [1.807, 2.05) is 6.07 Å². The summed E-state index contributed by atoms with van der Waals surface area (Å²) in [4.78, 5) is 8.41. The Balaban J connectivity index is 1.43. The van der Waals surface area contributed by atoms with Gasteiger partial charge in [0, 0.05) is 19.6 Å². The number of hydroxylamine groups is 1. The maximum Gasteiger partial charge on any atom is 0.145 e. The van der Waals surface area contributed by atoms with Crippen LogP contribution in [0.25, 0.3) is 0 Å². The summed E-state index contributed by atoms with van der Waals surface area (Å²) in [5, 5.41) is 3.61. The summed E-state index contributed by atoms with van der Waals surface area (Å²) in [6, 6.07) is 19.1. The van der Waals surface area contributed by atoms with Gasteiger partial charge in [-0.3, -0.25) is 15.1 Å². The largest absolute Gasteiger partial charge is 0.290 e. The predicted molar refractivity (Wildman–Crippen MR) is 90.4 cm³/mol. The van der Waals surface area contributed by atoms with Crippen LogP contribution in [0.1, 0.15) is 23.6 Å². The van der Waals surface area contributed by atoms with Gasteiger partial charge in [0.05, 0.1) is 0 Å². The lowest BCUT2D eigenvalue weighted by Crippen LogP contribution is -2.63. The van der Waals surface area contributed by atoms with E-state index >= 15 is 0 Å². The quantitative estimate of drug-likeness (QED) is 0.893. The summed E-state index contributed by atoms with van der Waals surface area (Å²) < 4.78 is 0. The predicted octanol–water partition coefficient (Wildman–Crippen LogP) is 2.37. The van der Waals surface area contributed by atoms with Gasteiger partial charge in [0.2, 0.25) is 0 Å². The molecule has 0 amide bonds. The van der Waals surface area contributed by atoms with E-state index in [9.17, 15) is 0 Å². The molecule has 23 heavy (non-hydrogen) atoms. The molecule has 4 rings (SSSR count). The highest BCUT2D eigenvalue weighted by molar-refractivity contribution is 5.29. The van der Waals surface area contributed by atoms with Gasteiger partial charge in [0.1, 0.15) is 11.9 Å². The fraction of sp³-hybridized carbons (Fsp3) is 0.368. The van der Waals surface area contributed by atoms with Crippen molar-refractivity contribution in [2.45, 2.75) is 31.8 Å². The molecule has 0 aromatic heterocycles. The first-order valence-corrected chi connectivity index (χ1v) is 8.29. The van der Waals surface area contributed by atoms with Gasteiger partial charge in [-0.15, -0.1) is 0 Å². The van der Waals surface area contributed by atoms with Gasteiger partial charge in [0.15, 0.2) is 0 Å². The molecule has 0 aliphatic carbocycles. The molecule has 2 aromatic carbocycles. The third-order valence-electron chi connectivity index (χ3n) is 4.95. The zero-order valence-electron chi connectivity index (χ0n) is 13.5. The fourth-order valence-electron chi connectivity index (χ4n) is 3.45. The molecule has 0 bridgehead atoms. The van der Waals surface area contributed by atoms with Crippen LogP contribution in [0.15, 0.2) is 54.6 Å². The Labute approximate surface area is 137 Å². The van der Waals surface area contributed by atoms with E-state index in [4.69, 9.17) is 4.84 Å². The van der Waals surface area contributed by atoms with Crippen LogP contribution in [0.2, 0.25) is 0 Å². The van der Waals surface area contributed by atoms with Crippen LogP contribution in [0, 0.1) is 0 Å². The molecular weight excluding hydrogens is 286 g/mol. The molecule has 2 aromatic rings. The van der Waals surface area contributed by atoms with Gasteiger partial charge in [-0.25, -0.2) is 0 Å². The Morgan fingerprint density at radius 3 is 2.52 bits per heavy atom. The maximum atomic E-state index is 6.02. The first-order chi connectivity index (χ1) is 11.2. The van der Waals surface area contributed by atoms with Crippen molar-refractivity contribution >= 4 is 0 Å². The van der Waals surface area contributed by atoms with Crippen LogP contribution in [-0.2, 0) is 23.5 Å². The third-order valence-corrected chi connectivity index (χ3v) is 4.95. The molecule has 2 N–H and O–H groups in total. The van der Waals surface area contributed by atoms with Gasteiger partial charge in [-0.2, -0.15) is 5.48 Å². The molecule has 1 saturated heterocycles. The Hall–Kier alpha value is -1.72. The number of fused-ring (bicyclic) bond motifs is 1. The van der Waals surface area contributed by atoms with Crippen molar-refractivity contribution in [3.63, 3.8) is 0 Å². The van der Waals surface area contributed by atoms with Crippen LogP contribution < -0.4 is 10.8 Å². The van der Waals surface area contributed by atoms with Gasteiger partial charge in [-0.05, 0) is 30.0 Å². The lowest BCUT2D eigenvalue weighted by Gasteiger charge is -2.44. The van der Waals surface area contributed by atoms with E-state index in [1.54, 1.807) is 0 Å². The summed E-state index contributed by atoms with van der Waals surface area (Å²) in [5.74, 6) is 0. The van der Waals surface area contributed by atoms with Crippen molar-refractivity contribution in [3.8, 4) is 0 Å². The molecule has 120 valence electrons. The highest BCUT2D eigenvalue weighted by atomic mass is 16.7. The van der Waals surface area contributed by atoms with Crippen LogP contribution >= 0.6 is 0 Å². The summed E-state index contributed by atoms with van der Waals surface area (Å²) in [6.45, 7) is 4.91. The highest BCUT2D eigenvalue weighted by Crippen LogP contribution is 2.25.